The smallest absolute Gasteiger partial charge is 0.298 e. The van der Waals surface area contributed by atoms with Gasteiger partial charge in [-0.3, -0.25) is 9.89 Å². The molecule has 1 atom stereocenters. The molecule has 2 fully saturated rings. The number of hydrogen-bond acceptors (Lipinski definition) is 8. The summed E-state index contributed by atoms with van der Waals surface area (Å²) in [6, 6.07) is 6.77. The second kappa shape index (κ2) is 8.90. The third-order valence-electron chi connectivity index (χ3n) is 6.89. The van der Waals surface area contributed by atoms with Crippen LogP contribution in [0.15, 0.2) is 39.9 Å². The molecule has 9 nitrogen and oxygen atoms in total. The van der Waals surface area contributed by atoms with Crippen molar-refractivity contribution in [1.82, 2.24) is 15.2 Å². The van der Waals surface area contributed by atoms with Crippen LogP contribution in [0.3, 0.4) is 0 Å². The van der Waals surface area contributed by atoms with Crippen molar-refractivity contribution in [3.05, 3.63) is 41.2 Å². The van der Waals surface area contributed by atoms with Crippen LogP contribution in [-0.4, -0.2) is 47.3 Å². The molecule has 0 bridgehead atoms. The molecular formula is C24H29N7O2S. The SMILES string of the molecule is NC(=O)C1=CSC(c2cc[nH]n2)N1c1cc2oc(N3CCCCC3)nc2cc1N1CCCCC1. The van der Waals surface area contributed by atoms with Gasteiger partial charge < -0.3 is 24.9 Å². The highest BCUT2D eigenvalue weighted by molar-refractivity contribution is 8.02. The zero-order valence-electron chi connectivity index (χ0n) is 19.1. The summed E-state index contributed by atoms with van der Waals surface area (Å²) in [6.07, 6.45) is 8.89. The third kappa shape index (κ3) is 3.79. The van der Waals surface area contributed by atoms with E-state index in [9.17, 15) is 4.79 Å². The van der Waals surface area contributed by atoms with Crippen LogP contribution in [0.4, 0.5) is 17.4 Å². The summed E-state index contributed by atoms with van der Waals surface area (Å²) in [5.74, 6) is -0.457. The van der Waals surface area contributed by atoms with E-state index in [1.54, 1.807) is 6.20 Å². The lowest BCUT2D eigenvalue weighted by molar-refractivity contribution is -0.114. The highest BCUT2D eigenvalue weighted by Crippen LogP contribution is 2.49. The van der Waals surface area contributed by atoms with Crippen molar-refractivity contribution in [1.29, 1.82) is 0 Å². The number of aromatic amines is 1. The van der Waals surface area contributed by atoms with Crippen molar-refractivity contribution in [2.75, 3.05) is 40.9 Å². The van der Waals surface area contributed by atoms with E-state index in [1.165, 1.54) is 24.6 Å². The molecule has 10 heteroatoms. The van der Waals surface area contributed by atoms with Gasteiger partial charge in [-0.1, -0.05) is 11.8 Å². The number of rotatable bonds is 5. The number of thioether (sulfide) groups is 1. The quantitative estimate of drug-likeness (QED) is 0.563. The Kier molecular flexibility index (Phi) is 5.60. The first-order valence-electron chi connectivity index (χ1n) is 12.1. The monoisotopic (exact) mass is 479 g/mol. The van der Waals surface area contributed by atoms with Gasteiger partial charge in [-0.25, -0.2) is 0 Å². The largest absolute Gasteiger partial charge is 0.423 e. The molecule has 1 unspecified atom stereocenters. The van der Waals surface area contributed by atoms with Crippen LogP contribution >= 0.6 is 11.8 Å². The summed E-state index contributed by atoms with van der Waals surface area (Å²) >= 11 is 1.54. The summed E-state index contributed by atoms with van der Waals surface area (Å²) in [4.78, 5) is 24.0. The topological polar surface area (TPSA) is 108 Å². The minimum Gasteiger partial charge on any atom is -0.423 e. The number of amides is 1. The number of nitrogens with zero attached hydrogens (tertiary/aromatic N) is 5. The van der Waals surface area contributed by atoms with E-state index in [0.717, 1.165) is 80.0 Å². The first-order valence-corrected chi connectivity index (χ1v) is 13.0. The Morgan fingerprint density at radius 3 is 2.44 bits per heavy atom. The summed E-state index contributed by atoms with van der Waals surface area (Å²) in [5, 5.41) is 8.95. The summed E-state index contributed by atoms with van der Waals surface area (Å²) in [5.41, 5.74) is 10.7. The molecule has 0 aliphatic carbocycles. The molecule has 3 aliphatic heterocycles. The molecule has 34 heavy (non-hydrogen) atoms. The molecular weight excluding hydrogens is 450 g/mol. The van der Waals surface area contributed by atoms with E-state index in [2.05, 4.69) is 26.1 Å². The Morgan fingerprint density at radius 1 is 1.03 bits per heavy atom. The fraction of sp³-hybridized carbons (Fsp3) is 0.458. The molecule has 2 aromatic heterocycles. The Balaban J connectivity index is 1.49. The van der Waals surface area contributed by atoms with Crippen molar-refractivity contribution >= 4 is 46.2 Å². The Labute approximate surface area is 202 Å². The number of fused-ring (bicyclic) bond motifs is 1. The van der Waals surface area contributed by atoms with Gasteiger partial charge in [-0.2, -0.15) is 10.1 Å². The van der Waals surface area contributed by atoms with Crippen molar-refractivity contribution in [2.45, 2.75) is 43.9 Å². The number of aromatic nitrogens is 3. The number of carbonyl (C=O) groups is 1. The molecule has 3 N–H and O–H groups in total. The van der Waals surface area contributed by atoms with Gasteiger partial charge in [-0.05, 0) is 50.7 Å². The summed E-state index contributed by atoms with van der Waals surface area (Å²) < 4.78 is 6.28. The van der Waals surface area contributed by atoms with Gasteiger partial charge in [0.15, 0.2) is 5.58 Å². The van der Waals surface area contributed by atoms with Gasteiger partial charge in [0.05, 0.1) is 17.1 Å². The predicted octanol–water partition coefficient (Wildman–Crippen LogP) is 4.11. The fourth-order valence-corrected chi connectivity index (χ4v) is 6.27. The second-order valence-corrected chi connectivity index (χ2v) is 10.1. The van der Waals surface area contributed by atoms with E-state index in [1.807, 2.05) is 22.4 Å². The molecule has 0 spiro atoms. The number of oxazole rings is 1. The van der Waals surface area contributed by atoms with Gasteiger partial charge >= 0.3 is 0 Å². The van der Waals surface area contributed by atoms with Gasteiger partial charge in [0.1, 0.15) is 16.6 Å². The molecule has 1 aromatic carbocycles. The zero-order valence-corrected chi connectivity index (χ0v) is 19.9. The number of hydrogen-bond donors (Lipinski definition) is 2. The number of carbonyl (C=O) groups excluding carboxylic acids is 1. The minimum atomic E-state index is -0.457. The number of anilines is 3. The maximum Gasteiger partial charge on any atom is 0.298 e. The lowest BCUT2D eigenvalue weighted by Gasteiger charge is -2.35. The minimum absolute atomic E-state index is 0.195. The molecule has 3 aromatic rings. The van der Waals surface area contributed by atoms with Crippen LogP contribution in [0.1, 0.15) is 49.6 Å². The molecule has 2 saturated heterocycles. The first-order chi connectivity index (χ1) is 16.7. The number of nitrogens with one attached hydrogen (secondary N) is 1. The van der Waals surface area contributed by atoms with Gasteiger partial charge in [0.25, 0.3) is 11.9 Å². The molecule has 3 aliphatic rings. The molecule has 178 valence electrons. The van der Waals surface area contributed by atoms with E-state index in [4.69, 9.17) is 15.1 Å². The lowest BCUT2D eigenvalue weighted by Crippen LogP contribution is -2.34. The average molecular weight is 480 g/mol. The van der Waals surface area contributed by atoms with Crippen LogP contribution in [0.2, 0.25) is 0 Å². The van der Waals surface area contributed by atoms with Crippen LogP contribution in [-0.2, 0) is 4.79 Å². The maximum atomic E-state index is 12.5. The highest BCUT2D eigenvalue weighted by Gasteiger charge is 2.36. The van der Waals surface area contributed by atoms with Gasteiger partial charge in [0, 0.05) is 43.9 Å². The Hall–Kier alpha value is -3.14. The molecule has 0 radical (unpaired) electrons. The van der Waals surface area contributed by atoms with Crippen molar-refractivity contribution < 1.29 is 9.21 Å². The van der Waals surface area contributed by atoms with Crippen LogP contribution in [0.25, 0.3) is 11.1 Å². The number of benzene rings is 1. The molecule has 5 heterocycles. The van der Waals surface area contributed by atoms with Crippen molar-refractivity contribution in [3.8, 4) is 0 Å². The van der Waals surface area contributed by atoms with Crippen LogP contribution in [0.5, 0.6) is 0 Å². The summed E-state index contributed by atoms with van der Waals surface area (Å²) in [6.45, 7) is 3.88. The van der Waals surface area contributed by atoms with E-state index < -0.39 is 5.91 Å². The Morgan fingerprint density at radius 2 is 1.76 bits per heavy atom. The highest BCUT2D eigenvalue weighted by atomic mass is 32.2. The number of H-pyrrole nitrogens is 1. The van der Waals surface area contributed by atoms with Crippen molar-refractivity contribution in [2.24, 2.45) is 5.73 Å². The number of piperidine rings is 2. The number of primary amides is 1. The standard InChI is InChI=1S/C24H29N7O2S/c25-22(32)20-15-34-23(16-7-8-26-28-16)31(20)19-14-21-17(13-18(19)29-9-3-1-4-10-29)27-24(33-21)30-11-5-2-6-12-30/h7-8,13-15,23H,1-6,9-12H2,(H2,25,32)(H,26,28). The Bertz CT molecular complexity index is 1210. The second-order valence-electron chi connectivity index (χ2n) is 9.13. The fourth-order valence-electron chi connectivity index (χ4n) is 5.16. The normalized spacial score (nSPS) is 21.4. The third-order valence-corrected chi connectivity index (χ3v) is 7.96. The lowest BCUT2D eigenvalue weighted by atomic mass is 10.1. The average Bonchev–Trinajstić information content (AvgIpc) is 3.63. The predicted molar refractivity (Wildman–Crippen MR) is 135 cm³/mol. The van der Waals surface area contributed by atoms with Gasteiger partial charge in [0.2, 0.25) is 0 Å². The molecule has 1 amide bonds. The van der Waals surface area contributed by atoms with Gasteiger partial charge in [-0.15, -0.1) is 0 Å². The van der Waals surface area contributed by atoms with E-state index >= 15 is 0 Å². The van der Waals surface area contributed by atoms with E-state index in [-0.39, 0.29) is 5.37 Å². The first kappa shape index (κ1) is 21.4. The molecule has 0 saturated carbocycles. The van der Waals surface area contributed by atoms with Crippen LogP contribution < -0.4 is 20.4 Å². The van der Waals surface area contributed by atoms with Crippen LogP contribution in [0, 0.1) is 0 Å². The maximum absolute atomic E-state index is 12.5. The summed E-state index contributed by atoms with van der Waals surface area (Å²) in [7, 11) is 0. The van der Waals surface area contributed by atoms with Crippen molar-refractivity contribution in [3.63, 3.8) is 0 Å². The molecule has 6 rings (SSSR count). The zero-order chi connectivity index (χ0) is 23.1. The number of nitrogens with two attached hydrogens (primary N) is 1. The van der Waals surface area contributed by atoms with E-state index in [0.29, 0.717) is 11.7 Å².